The van der Waals surface area contributed by atoms with Crippen molar-refractivity contribution >= 4 is 5.69 Å². The number of nitrogens with one attached hydrogen (secondary N) is 1. The maximum absolute atomic E-state index is 12.9. The van der Waals surface area contributed by atoms with Crippen molar-refractivity contribution in [2.75, 3.05) is 31.1 Å². The van der Waals surface area contributed by atoms with Gasteiger partial charge in [0.1, 0.15) is 11.9 Å². The fourth-order valence-corrected chi connectivity index (χ4v) is 6.41. The van der Waals surface area contributed by atoms with Gasteiger partial charge in [0.05, 0.1) is 5.56 Å². The van der Waals surface area contributed by atoms with Gasteiger partial charge < -0.3 is 15.0 Å². The van der Waals surface area contributed by atoms with Crippen LogP contribution in [0.5, 0.6) is 5.75 Å². The van der Waals surface area contributed by atoms with E-state index in [-0.39, 0.29) is 6.10 Å². The summed E-state index contributed by atoms with van der Waals surface area (Å²) in [5.74, 6) is 0.928. The van der Waals surface area contributed by atoms with E-state index in [1.54, 1.807) is 12.1 Å². The Morgan fingerprint density at radius 1 is 0.850 bits per heavy atom. The van der Waals surface area contributed by atoms with Crippen molar-refractivity contribution in [3.8, 4) is 5.75 Å². The van der Waals surface area contributed by atoms with Crippen LogP contribution in [0.25, 0.3) is 0 Å². The van der Waals surface area contributed by atoms with Crippen molar-refractivity contribution in [3.63, 3.8) is 0 Å². The Kier molecular flexibility index (Phi) is 7.98. The van der Waals surface area contributed by atoms with Crippen LogP contribution in [0.15, 0.2) is 67.0 Å². The molecule has 1 atom stereocenters. The van der Waals surface area contributed by atoms with Crippen molar-refractivity contribution in [1.29, 1.82) is 0 Å². The predicted octanol–water partition coefficient (Wildman–Crippen LogP) is 6.39. The van der Waals surface area contributed by atoms with Gasteiger partial charge in [-0.15, -0.1) is 0 Å². The molecule has 2 saturated heterocycles. The summed E-state index contributed by atoms with van der Waals surface area (Å²) in [5, 5.41) is 3.95. The van der Waals surface area contributed by atoms with E-state index in [1.165, 1.54) is 29.5 Å². The Morgan fingerprint density at radius 3 is 2.27 bits per heavy atom. The SMILES string of the molecule is FC(F)(F)c1ccc(N2CCC(Oc3ccc4c(c3)CCC4NC3CCN(Cc4ccncc4)CC3)CC2)cc1. The number of fused-ring (bicyclic) bond motifs is 1. The van der Waals surface area contributed by atoms with Gasteiger partial charge in [-0.05, 0) is 104 Å². The molecule has 3 aromatic rings. The number of likely N-dealkylation sites (tertiary alicyclic amines) is 1. The molecule has 5 nitrogen and oxygen atoms in total. The molecule has 3 aliphatic rings. The minimum atomic E-state index is -4.30. The van der Waals surface area contributed by atoms with Gasteiger partial charge in [-0.1, -0.05) is 6.07 Å². The van der Waals surface area contributed by atoms with Crippen LogP contribution in [-0.4, -0.2) is 48.2 Å². The minimum Gasteiger partial charge on any atom is -0.490 e. The summed E-state index contributed by atoms with van der Waals surface area (Å²) in [7, 11) is 0. The fraction of sp³-hybridized carbons (Fsp3) is 0.469. The minimum absolute atomic E-state index is 0.122. The maximum atomic E-state index is 12.9. The molecule has 0 saturated carbocycles. The average Bonchev–Trinajstić information content (AvgIpc) is 3.36. The number of anilines is 1. The van der Waals surface area contributed by atoms with E-state index in [0.717, 1.165) is 82.0 Å². The zero-order valence-electron chi connectivity index (χ0n) is 22.7. The highest BCUT2D eigenvalue weighted by atomic mass is 19.4. The second-order valence-corrected chi connectivity index (χ2v) is 11.4. The van der Waals surface area contributed by atoms with E-state index >= 15 is 0 Å². The molecule has 2 aliphatic heterocycles. The van der Waals surface area contributed by atoms with Gasteiger partial charge in [0.2, 0.25) is 0 Å². The van der Waals surface area contributed by atoms with Crippen LogP contribution >= 0.6 is 0 Å². The highest BCUT2D eigenvalue weighted by molar-refractivity contribution is 5.48. The first-order chi connectivity index (χ1) is 19.4. The molecule has 0 amide bonds. The predicted molar refractivity (Wildman–Crippen MR) is 150 cm³/mol. The molecule has 3 heterocycles. The summed E-state index contributed by atoms with van der Waals surface area (Å²) < 4.78 is 45.0. The maximum Gasteiger partial charge on any atom is 0.416 e. The van der Waals surface area contributed by atoms with E-state index in [1.807, 2.05) is 12.4 Å². The van der Waals surface area contributed by atoms with Crippen LogP contribution in [-0.2, 0) is 19.1 Å². The van der Waals surface area contributed by atoms with E-state index < -0.39 is 11.7 Å². The molecule has 1 unspecified atom stereocenters. The largest absolute Gasteiger partial charge is 0.490 e. The number of pyridine rings is 1. The highest BCUT2D eigenvalue weighted by Crippen LogP contribution is 2.36. The van der Waals surface area contributed by atoms with Crippen LogP contribution in [0.2, 0.25) is 0 Å². The number of benzene rings is 2. The van der Waals surface area contributed by atoms with Gasteiger partial charge in [0.15, 0.2) is 0 Å². The van der Waals surface area contributed by atoms with Gasteiger partial charge in [-0.25, -0.2) is 0 Å². The van der Waals surface area contributed by atoms with Gasteiger partial charge >= 0.3 is 6.18 Å². The number of ether oxygens (including phenoxy) is 1. The van der Waals surface area contributed by atoms with E-state index in [9.17, 15) is 13.2 Å². The van der Waals surface area contributed by atoms with E-state index in [2.05, 4.69) is 50.4 Å². The second-order valence-electron chi connectivity index (χ2n) is 11.4. The number of alkyl halides is 3. The molecule has 1 aliphatic carbocycles. The molecule has 40 heavy (non-hydrogen) atoms. The normalized spacial score (nSPS) is 21.0. The first-order valence-electron chi connectivity index (χ1n) is 14.5. The molecule has 1 aromatic heterocycles. The molecule has 0 spiro atoms. The van der Waals surface area contributed by atoms with Crippen LogP contribution in [0.3, 0.4) is 0 Å². The Labute approximate surface area is 234 Å². The number of piperidine rings is 2. The summed E-state index contributed by atoms with van der Waals surface area (Å²) in [6, 6.07) is 17.2. The lowest BCUT2D eigenvalue weighted by Crippen LogP contribution is -2.43. The zero-order chi connectivity index (χ0) is 27.5. The summed E-state index contributed by atoms with van der Waals surface area (Å²) in [5.41, 5.74) is 4.35. The molecule has 212 valence electrons. The molecule has 2 fully saturated rings. The number of hydrogen-bond donors (Lipinski definition) is 1. The third-order valence-corrected chi connectivity index (χ3v) is 8.68. The Hall–Kier alpha value is -3.10. The molecular formula is C32H37F3N4O. The molecule has 2 aromatic carbocycles. The third-order valence-electron chi connectivity index (χ3n) is 8.68. The van der Waals surface area contributed by atoms with Gasteiger partial charge in [0.25, 0.3) is 0 Å². The smallest absolute Gasteiger partial charge is 0.416 e. The quantitative estimate of drug-likeness (QED) is 0.369. The Bertz CT molecular complexity index is 1250. The van der Waals surface area contributed by atoms with Crippen LogP contribution in [0.4, 0.5) is 18.9 Å². The lowest BCUT2D eigenvalue weighted by molar-refractivity contribution is -0.137. The first-order valence-corrected chi connectivity index (χ1v) is 14.5. The molecular weight excluding hydrogens is 513 g/mol. The first kappa shape index (κ1) is 27.1. The standard InChI is InChI=1S/C32H37F3N4O/c33-32(34,35)25-2-4-27(5-3-25)39-19-13-28(14-20-39)40-29-6-7-30-24(21-29)1-8-31(30)37-26-11-17-38(18-12-26)22-23-9-15-36-16-10-23/h2-7,9-10,15-16,21,26,28,31,37H,1,8,11-14,17-20,22H2. The number of hydrogen-bond acceptors (Lipinski definition) is 5. The highest BCUT2D eigenvalue weighted by Gasteiger charge is 2.31. The summed E-state index contributed by atoms with van der Waals surface area (Å²) in [6.07, 6.45) is 5.79. The van der Waals surface area contributed by atoms with Gasteiger partial charge in [-0.2, -0.15) is 13.2 Å². The average molecular weight is 551 g/mol. The number of nitrogens with zero attached hydrogens (tertiary/aromatic N) is 3. The summed E-state index contributed by atoms with van der Waals surface area (Å²) in [6.45, 7) is 4.77. The Balaban J connectivity index is 0.967. The van der Waals surface area contributed by atoms with E-state index in [0.29, 0.717) is 12.1 Å². The topological polar surface area (TPSA) is 40.6 Å². The van der Waals surface area contributed by atoms with Crippen molar-refractivity contribution < 1.29 is 17.9 Å². The molecule has 1 N–H and O–H groups in total. The van der Waals surface area contributed by atoms with Crippen LogP contribution in [0, 0.1) is 0 Å². The second kappa shape index (κ2) is 11.8. The van der Waals surface area contributed by atoms with Gasteiger partial charge in [0, 0.05) is 62.6 Å². The molecule has 6 rings (SSSR count). The number of rotatable bonds is 7. The molecule has 0 bridgehead atoms. The number of aryl methyl sites for hydroxylation is 1. The van der Waals surface area contributed by atoms with Crippen LogP contribution < -0.4 is 15.0 Å². The fourth-order valence-electron chi connectivity index (χ4n) is 6.41. The van der Waals surface area contributed by atoms with Crippen molar-refractivity contribution in [2.24, 2.45) is 0 Å². The molecule has 8 heteroatoms. The summed E-state index contributed by atoms with van der Waals surface area (Å²) in [4.78, 5) is 8.79. The zero-order valence-corrected chi connectivity index (χ0v) is 22.7. The molecule has 0 radical (unpaired) electrons. The van der Waals surface area contributed by atoms with Crippen molar-refractivity contribution in [1.82, 2.24) is 15.2 Å². The Morgan fingerprint density at radius 2 is 1.57 bits per heavy atom. The summed E-state index contributed by atoms with van der Waals surface area (Å²) >= 11 is 0. The van der Waals surface area contributed by atoms with Crippen molar-refractivity contribution in [2.45, 2.75) is 69.4 Å². The van der Waals surface area contributed by atoms with Gasteiger partial charge in [-0.3, -0.25) is 9.88 Å². The van der Waals surface area contributed by atoms with E-state index in [4.69, 9.17) is 4.74 Å². The van der Waals surface area contributed by atoms with Crippen LogP contribution in [0.1, 0.15) is 60.4 Å². The number of aromatic nitrogens is 1. The third kappa shape index (κ3) is 6.44. The van der Waals surface area contributed by atoms with Crippen molar-refractivity contribution in [3.05, 3.63) is 89.2 Å². The lowest BCUT2D eigenvalue weighted by Gasteiger charge is -2.34. The number of halogens is 3. The lowest BCUT2D eigenvalue weighted by atomic mass is 10.0. The monoisotopic (exact) mass is 550 g/mol.